The molecule has 3 aromatic rings. The Hall–Kier alpha value is -3.93. The molecule has 0 heterocycles. The van der Waals surface area contributed by atoms with E-state index in [-0.39, 0.29) is 23.2 Å². The Labute approximate surface area is 181 Å². The van der Waals surface area contributed by atoms with Gasteiger partial charge >= 0.3 is 11.8 Å². The Morgan fingerprint density at radius 2 is 1.45 bits per heavy atom. The Morgan fingerprint density at radius 1 is 0.806 bits per heavy atom. The quantitative estimate of drug-likeness (QED) is 0.536. The SMILES string of the molecule is Cc1ccccc1CNC(=O)c1ccccc1NC(=O)C(=O)N[C@H](C)c1ccccc1. The monoisotopic (exact) mass is 415 g/mol. The molecule has 0 aliphatic carbocycles. The summed E-state index contributed by atoms with van der Waals surface area (Å²) in [7, 11) is 0. The van der Waals surface area contributed by atoms with Gasteiger partial charge in [0.2, 0.25) is 0 Å². The zero-order valence-corrected chi connectivity index (χ0v) is 17.5. The Balaban J connectivity index is 1.64. The lowest BCUT2D eigenvalue weighted by Crippen LogP contribution is -2.37. The van der Waals surface area contributed by atoms with E-state index < -0.39 is 11.8 Å². The molecule has 0 aliphatic heterocycles. The minimum atomic E-state index is -0.832. The molecule has 3 amide bonds. The lowest BCUT2D eigenvalue weighted by molar-refractivity contribution is -0.136. The number of nitrogens with one attached hydrogen (secondary N) is 3. The standard InChI is InChI=1S/C25H25N3O3/c1-17-10-6-7-13-20(17)16-26-23(29)21-14-8-9-15-22(21)28-25(31)24(30)27-18(2)19-11-4-3-5-12-19/h3-15,18H,16H2,1-2H3,(H,26,29)(H,27,30)(H,28,31)/t18-/m1/s1. The van der Waals surface area contributed by atoms with Crippen LogP contribution in [0.5, 0.6) is 0 Å². The van der Waals surface area contributed by atoms with Crippen molar-refractivity contribution in [3.63, 3.8) is 0 Å². The van der Waals surface area contributed by atoms with Crippen molar-refractivity contribution in [2.24, 2.45) is 0 Å². The number of hydrogen-bond donors (Lipinski definition) is 3. The van der Waals surface area contributed by atoms with Gasteiger partial charge < -0.3 is 16.0 Å². The molecular formula is C25H25N3O3. The number of rotatable bonds is 6. The molecule has 6 heteroatoms. The average molecular weight is 415 g/mol. The average Bonchev–Trinajstić information content (AvgIpc) is 2.79. The van der Waals surface area contributed by atoms with Gasteiger partial charge in [0, 0.05) is 6.54 Å². The molecule has 0 unspecified atom stereocenters. The molecule has 31 heavy (non-hydrogen) atoms. The summed E-state index contributed by atoms with van der Waals surface area (Å²) in [6.45, 7) is 4.14. The fourth-order valence-corrected chi connectivity index (χ4v) is 3.14. The smallest absolute Gasteiger partial charge is 0.313 e. The van der Waals surface area contributed by atoms with Crippen LogP contribution in [-0.2, 0) is 16.1 Å². The van der Waals surface area contributed by atoms with Gasteiger partial charge in [-0.3, -0.25) is 14.4 Å². The van der Waals surface area contributed by atoms with E-state index in [1.165, 1.54) is 0 Å². The van der Waals surface area contributed by atoms with E-state index in [0.717, 1.165) is 16.7 Å². The highest BCUT2D eigenvalue weighted by atomic mass is 16.2. The number of para-hydroxylation sites is 1. The van der Waals surface area contributed by atoms with E-state index in [4.69, 9.17) is 0 Å². The molecular weight excluding hydrogens is 390 g/mol. The fourth-order valence-electron chi connectivity index (χ4n) is 3.14. The predicted octanol–water partition coefficient (Wildman–Crippen LogP) is 3.74. The first-order valence-electron chi connectivity index (χ1n) is 10.0. The van der Waals surface area contributed by atoms with Crippen LogP contribution in [0.3, 0.4) is 0 Å². The Kier molecular flexibility index (Phi) is 7.17. The van der Waals surface area contributed by atoms with Crippen molar-refractivity contribution in [2.45, 2.75) is 26.4 Å². The van der Waals surface area contributed by atoms with Gasteiger partial charge in [-0.25, -0.2) is 0 Å². The number of hydrogen-bond acceptors (Lipinski definition) is 3. The summed E-state index contributed by atoms with van der Waals surface area (Å²) in [6.07, 6.45) is 0. The summed E-state index contributed by atoms with van der Waals surface area (Å²) in [5.74, 6) is -1.94. The first-order chi connectivity index (χ1) is 15.0. The molecule has 1 atom stereocenters. The van der Waals surface area contributed by atoms with E-state index in [0.29, 0.717) is 6.54 Å². The van der Waals surface area contributed by atoms with Crippen LogP contribution in [0, 0.1) is 6.92 Å². The van der Waals surface area contributed by atoms with Gasteiger partial charge in [0.25, 0.3) is 5.91 Å². The number of aryl methyl sites for hydroxylation is 1. The van der Waals surface area contributed by atoms with Crippen LogP contribution in [0.4, 0.5) is 5.69 Å². The lowest BCUT2D eigenvalue weighted by atomic mass is 10.1. The van der Waals surface area contributed by atoms with Crippen molar-refractivity contribution in [2.75, 3.05) is 5.32 Å². The molecule has 0 radical (unpaired) electrons. The molecule has 3 aromatic carbocycles. The van der Waals surface area contributed by atoms with Gasteiger partial charge in [0.15, 0.2) is 0 Å². The maximum Gasteiger partial charge on any atom is 0.313 e. The molecule has 0 saturated heterocycles. The highest BCUT2D eigenvalue weighted by Crippen LogP contribution is 2.16. The zero-order chi connectivity index (χ0) is 22.2. The maximum absolute atomic E-state index is 12.7. The van der Waals surface area contributed by atoms with Crippen molar-refractivity contribution in [1.82, 2.24) is 10.6 Å². The molecule has 0 spiro atoms. The summed E-state index contributed by atoms with van der Waals surface area (Å²) >= 11 is 0. The van der Waals surface area contributed by atoms with Gasteiger partial charge in [-0.15, -0.1) is 0 Å². The molecule has 158 valence electrons. The second-order valence-electron chi connectivity index (χ2n) is 7.21. The van der Waals surface area contributed by atoms with Crippen LogP contribution >= 0.6 is 0 Å². The summed E-state index contributed by atoms with van der Waals surface area (Å²) in [5.41, 5.74) is 3.53. The van der Waals surface area contributed by atoms with Gasteiger partial charge in [-0.1, -0.05) is 66.7 Å². The van der Waals surface area contributed by atoms with E-state index in [9.17, 15) is 14.4 Å². The minimum absolute atomic E-state index is 0.275. The van der Waals surface area contributed by atoms with Gasteiger partial charge in [0.05, 0.1) is 17.3 Å². The van der Waals surface area contributed by atoms with Crippen molar-refractivity contribution in [1.29, 1.82) is 0 Å². The Morgan fingerprint density at radius 3 is 2.19 bits per heavy atom. The van der Waals surface area contributed by atoms with E-state index in [1.54, 1.807) is 31.2 Å². The minimum Gasteiger partial charge on any atom is -0.348 e. The molecule has 0 aliphatic rings. The highest BCUT2D eigenvalue weighted by Gasteiger charge is 2.20. The Bertz CT molecular complexity index is 1080. The molecule has 0 bridgehead atoms. The zero-order valence-electron chi connectivity index (χ0n) is 17.5. The highest BCUT2D eigenvalue weighted by molar-refractivity contribution is 6.40. The van der Waals surface area contributed by atoms with E-state index in [1.807, 2.05) is 61.5 Å². The number of benzene rings is 3. The van der Waals surface area contributed by atoms with Crippen molar-refractivity contribution in [3.8, 4) is 0 Å². The van der Waals surface area contributed by atoms with E-state index in [2.05, 4.69) is 16.0 Å². The summed E-state index contributed by atoms with van der Waals surface area (Å²) in [6, 6.07) is 23.4. The maximum atomic E-state index is 12.7. The third-order valence-corrected chi connectivity index (χ3v) is 4.97. The van der Waals surface area contributed by atoms with Crippen LogP contribution in [0.25, 0.3) is 0 Å². The van der Waals surface area contributed by atoms with Crippen LogP contribution in [0.1, 0.15) is 40.0 Å². The van der Waals surface area contributed by atoms with Crippen LogP contribution in [-0.4, -0.2) is 17.7 Å². The number of carbonyl (C=O) groups excluding carboxylic acids is 3. The molecule has 3 N–H and O–H groups in total. The van der Waals surface area contributed by atoms with Gasteiger partial charge in [-0.2, -0.15) is 0 Å². The summed E-state index contributed by atoms with van der Waals surface area (Å²) in [4.78, 5) is 37.5. The molecule has 0 fully saturated rings. The number of carbonyl (C=O) groups is 3. The topological polar surface area (TPSA) is 87.3 Å². The van der Waals surface area contributed by atoms with Crippen molar-refractivity contribution >= 4 is 23.4 Å². The van der Waals surface area contributed by atoms with Gasteiger partial charge in [-0.05, 0) is 42.7 Å². The van der Waals surface area contributed by atoms with Gasteiger partial charge in [0.1, 0.15) is 0 Å². The second-order valence-corrected chi connectivity index (χ2v) is 7.21. The third kappa shape index (κ3) is 5.79. The molecule has 3 rings (SSSR count). The second kappa shape index (κ2) is 10.2. The van der Waals surface area contributed by atoms with Crippen molar-refractivity contribution < 1.29 is 14.4 Å². The molecule has 0 saturated carbocycles. The first kappa shape index (κ1) is 21.8. The fraction of sp³-hybridized carbons (Fsp3) is 0.160. The number of anilines is 1. The largest absolute Gasteiger partial charge is 0.348 e. The molecule has 0 aromatic heterocycles. The summed E-state index contributed by atoms with van der Waals surface area (Å²) in [5, 5.41) is 8.07. The third-order valence-electron chi connectivity index (χ3n) is 4.97. The lowest BCUT2D eigenvalue weighted by Gasteiger charge is -2.15. The first-order valence-corrected chi connectivity index (χ1v) is 10.0. The predicted molar refractivity (Wildman–Crippen MR) is 120 cm³/mol. The number of amides is 3. The summed E-state index contributed by atoms with van der Waals surface area (Å²) < 4.78 is 0. The normalized spacial score (nSPS) is 11.3. The van der Waals surface area contributed by atoms with Crippen LogP contribution < -0.4 is 16.0 Å². The van der Waals surface area contributed by atoms with E-state index >= 15 is 0 Å². The van der Waals surface area contributed by atoms with Crippen LogP contribution in [0.2, 0.25) is 0 Å². The van der Waals surface area contributed by atoms with Crippen LogP contribution in [0.15, 0.2) is 78.9 Å². The molecule has 6 nitrogen and oxygen atoms in total. The van der Waals surface area contributed by atoms with Crippen molar-refractivity contribution in [3.05, 3.63) is 101 Å².